The number of nitrogen functional groups attached to an aromatic ring is 1. The number of nitrogens with zero attached hydrogens (tertiary/aromatic N) is 1. The molecule has 0 radical (unpaired) electrons. The summed E-state index contributed by atoms with van der Waals surface area (Å²) >= 11 is 0. The van der Waals surface area contributed by atoms with Gasteiger partial charge in [-0.2, -0.15) is 0 Å². The first-order valence-corrected chi connectivity index (χ1v) is 5.99. The van der Waals surface area contributed by atoms with E-state index >= 15 is 0 Å². The number of anilines is 1. The van der Waals surface area contributed by atoms with E-state index in [9.17, 15) is 14.0 Å². The molecule has 0 saturated heterocycles. The number of carbonyl (C=O) groups is 2. The van der Waals surface area contributed by atoms with Gasteiger partial charge in [0, 0.05) is 13.1 Å². The molecule has 104 valence electrons. The van der Waals surface area contributed by atoms with Crippen LogP contribution in [0.15, 0.2) is 18.2 Å². The summed E-state index contributed by atoms with van der Waals surface area (Å²) < 4.78 is 18.0. The van der Waals surface area contributed by atoms with Gasteiger partial charge >= 0.3 is 5.97 Å². The highest BCUT2D eigenvalue weighted by Crippen LogP contribution is 2.12. The fourth-order valence-corrected chi connectivity index (χ4v) is 1.53. The molecule has 19 heavy (non-hydrogen) atoms. The van der Waals surface area contributed by atoms with Gasteiger partial charge in [-0.25, -0.2) is 9.18 Å². The summed E-state index contributed by atoms with van der Waals surface area (Å²) in [6, 6.07) is 3.61. The van der Waals surface area contributed by atoms with E-state index in [1.165, 1.54) is 17.0 Å². The predicted octanol–water partition coefficient (Wildman–Crippen LogP) is 1.43. The van der Waals surface area contributed by atoms with Crippen molar-refractivity contribution in [2.24, 2.45) is 0 Å². The van der Waals surface area contributed by atoms with Crippen molar-refractivity contribution in [2.75, 3.05) is 25.4 Å². The summed E-state index contributed by atoms with van der Waals surface area (Å²) in [5.41, 5.74) is 5.28. The number of hydrogen-bond donors (Lipinski definition) is 1. The lowest BCUT2D eigenvalue weighted by Crippen LogP contribution is -2.34. The number of hydrogen-bond acceptors (Lipinski definition) is 4. The van der Waals surface area contributed by atoms with E-state index in [0.29, 0.717) is 13.1 Å². The molecule has 0 aliphatic carbocycles. The first kappa shape index (κ1) is 14.9. The van der Waals surface area contributed by atoms with Gasteiger partial charge in [0.1, 0.15) is 5.82 Å². The van der Waals surface area contributed by atoms with E-state index in [1.54, 1.807) is 0 Å². The number of ether oxygens (including phenoxy) is 1. The summed E-state index contributed by atoms with van der Waals surface area (Å²) in [4.78, 5) is 24.8. The molecule has 0 atom stereocenters. The summed E-state index contributed by atoms with van der Waals surface area (Å²) in [6.07, 6.45) is 0. The van der Waals surface area contributed by atoms with Crippen molar-refractivity contribution in [3.63, 3.8) is 0 Å². The normalized spacial score (nSPS) is 10.1. The third kappa shape index (κ3) is 3.94. The van der Waals surface area contributed by atoms with Gasteiger partial charge in [-0.1, -0.05) is 0 Å². The van der Waals surface area contributed by atoms with Crippen LogP contribution in [0, 0.1) is 5.82 Å². The molecule has 1 aromatic rings. The molecule has 0 heterocycles. The molecule has 1 rings (SSSR count). The number of amides is 1. The van der Waals surface area contributed by atoms with Gasteiger partial charge in [0.05, 0.1) is 11.3 Å². The van der Waals surface area contributed by atoms with Crippen molar-refractivity contribution < 1.29 is 18.7 Å². The number of rotatable bonds is 5. The Morgan fingerprint density at radius 1 is 1.32 bits per heavy atom. The van der Waals surface area contributed by atoms with Crippen molar-refractivity contribution in [3.05, 3.63) is 29.6 Å². The number of likely N-dealkylation sites (N-methyl/N-ethyl adjacent to an activating group) is 1. The Morgan fingerprint density at radius 2 is 1.95 bits per heavy atom. The van der Waals surface area contributed by atoms with Crippen LogP contribution in [0.25, 0.3) is 0 Å². The molecule has 0 aliphatic heterocycles. The predicted molar refractivity (Wildman–Crippen MR) is 69.0 cm³/mol. The van der Waals surface area contributed by atoms with Crippen LogP contribution >= 0.6 is 0 Å². The van der Waals surface area contributed by atoms with Crippen LogP contribution in [0.3, 0.4) is 0 Å². The van der Waals surface area contributed by atoms with E-state index < -0.39 is 11.8 Å². The lowest BCUT2D eigenvalue weighted by atomic mass is 10.2. The molecule has 1 amide bonds. The topological polar surface area (TPSA) is 72.6 Å². The van der Waals surface area contributed by atoms with Gasteiger partial charge in [-0.3, -0.25) is 4.79 Å². The fourth-order valence-electron chi connectivity index (χ4n) is 1.53. The van der Waals surface area contributed by atoms with Crippen LogP contribution < -0.4 is 5.73 Å². The Labute approximate surface area is 111 Å². The van der Waals surface area contributed by atoms with Crippen LogP contribution in [0.5, 0.6) is 0 Å². The monoisotopic (exact) mass is 268 g/mol. The summed E-state index contributed by atoms with van der Waals surface area (Å²) in [6.45, 7) is 4.40. The zero-order valence-electron chi connectivity index (χ0n) is 11.0. The second kappa shape index (κ2) is 6.72. The third-order valence-electron chi connectivity index (χ3n) is 2.68. The van der Waals surface area contributed by atoms with Gasteiger partial charge in [0.2, 0.25) is 0 Å². The Hall–Kier alpha value is -2.11. The van der Waals surface area contributed by atoms with E-state index in [-0.39, 0.29) is 23.8 Å². The molecular weight excluding hydrogens is 251 g/mol. The molecule has 5 nitrogen and oxygen atoms in total. The molecule has 0 aliphatic rings. The number of esters is 1. The number of nitrogens with two attached hydrogens (primary N) is 1. The summed E-state index contributed by atoms with van der Waals surface area (Å²) in [7, 11) is 0. The van der Waals surface area contributed by atoms with Gasteiger partial charge < -0.3 is 15.4 Å². The van der Waals surface area contributed by atoms with Crippen LogP contribution in [-0.2, 0) is 9.53 Å². The lowest BCUT2D eigenvalue weighted by molar-refractivity contribution is -0.134. The molecule has 0 spiro atoms. The van der Waals surface area contributed by atoms with E-state index in [4.69, 9.17) is 10.5 Å². The van der Waals surface area contributed by atoms with Crippen LogP contribution in [-0.4, -0.2) is 36.5 Å². The minimum Gasteiger partial charge on any atom is -0.452 e. The standard InChI is InChI=1S/C13H17FN2O3/c1-3-16(4-2)12(17)8-19-13(18)9-5-6-11(15)10(14)7-9/h5-7H,3-4,8,15H2,1-2H3. The van der Waals surface area contributed by atoms with Crippen molar-refractivity contribution in [2.45, 2.75) is 13.8 Å². The minimum atomic E-state index is -0.751. The fraction of sp³-hybridized carbons (Fsp3) is 0.385. The quantitative estimate of drug-likeness (QED) is 0.647. The first-order chi connectivity index (χ1) is 8.99. The lowest BCUT2D eigenvalue weighted by Gasteiger charge is -2.18. The largest absolute Gasteiger partial charge is 0.452 e. The van der Waals surface area contributed by atoms with Crippen molar-refractivity contribution in [1.29, 1.82) is 0 Å². The number of halogens is 1. The smallest absolute Gasteiger partial charge is 0.338 e. The highest BCUT2D eigenvalue weighted by Gasteiger charge is 2.14. The van der Waals surface area contributed by atoms with Crippen LogP contribution in [0.1, 0.15) is 24.2 Å². The second-order valence-electron chi connectivity index (χ2n) is 3.88. The Balaban J connectivity index is 2.60. The maximum Gasteiger partial charge on any atom is 0.338 e. The van der Waals surface area contributed by atoms with E-state index in [1.807, 2.05) is 13.8 Å². The van der Waals surface area contributed by atoms with Gasteiger partial charge in [0.15, 0.2) is 6.61 Å². The Bertz CT molecular complexity index is 473. The molecule has 0 unspecified atom stereocenters. The molecule has 0 aromatic heterocycles. The maximum atomic E-state index is 13.2. The van der Waals surface area contributed by atoms with Crippen LogP contribution in [0.4, 0.5) is 10.1 Å². The number of benzene rings is 1. The molecular formula is C13H17FN2O3. The zero-order chi connectivity index (χ0) is 14.4. The molecule has 6 heteroatoms. The number of carbonyl (C=O) groups excluding carboxylic acids is 2. The summed E-state index contributed by atoms with van der Waals surface area (Å²) in [5, 5.41) is 0. The SMILES string of the molecule is CCN(CC)C(=O)COC(=O)c1ccc(N)c(F)c1. The third-order valence-corrected chi connectivity index (χ3v) is 2.68. The average molecular weight is 268 g/mol. The first-order valence-electron chi connectivity index (χ1n) is 5.99. The van der Waals surface area contributed by atoms with Crippen molar-refractivity contribution in [1.82, 2.24) is 4.90 Å². The Kier molecular flexibility index (Phi) is 5.29. The molecule has 1 aromatic carbocycles. The molecule has 2 N–H and O–H groups in total. The average Bonchev–Trinajstić information content (AvgIpc) is 2.40. The minimum absolute atomic E-state index is 0.0269. The molecule has 0 fully saturated rings. The van der Waals surface area contributed by atoms with Crippen molar-refractivity contribution >= 4 is 17.6 Å². The highest BCUT2D eigenvalue weighted by molar-refractivity contribution is 5.91. The molecule has 0 saturated carbocycles. The van der Waals surface area contributed by atoms with Gasteiger partial charge in [0.25, 0.3) is 5.91 Å². The van der Waals surface area contributed by atoms with Crippen LogP contribution in [0.2, 0.25) is 0 Å². The van der Waals surface area contributed by atoms with E-state index in [2.05, 4.69) is 0 Å². The van der Waals surface area contributed by atoms with Gasteiger partial charge in [-0.05, 0) is 32.0 Å². The zero-order valence-corrected chi connectivity index (χ0v) is 11.0. The second-order valence-corrected chi connectivity index (χ2v) is 3.88. The Morgan fingerprint density at radius 3 is 2.47 bits per heavy atom. The summed E-state index contributed by atoms with van der Waals surface area (Å²) in [5.74, 6) is -1.72. The molecule has 0 bridgehead atoms. The van der Waals surface area contributed by atoms with Crippen molar-refractivity contribution in [3.8, 4) is 0 Å². The maximum absolute atomic E-state index is 13.2. The van der Waals surface area contributed by atoms with E-state index in [0.717, 1.165) is 6.07 Å². The van der Waals surface area contributed by atoms with Gasteiger partial charge in [-0.15, -0.1) is 0 Å². The highest BCUT2D eigenvalue weighted by atomic mass is 19.1.